The molecule has 0 unspecified atom stereocenters. The molecule has 120 valence electrons. The summed E-state index contributed by atoms with van der Waals surface area (Å²) in [7, 11) is 4.44. The van der Waals surface area contributed by atoms with E-state index in [-0.39, 0.29) is 17.2 Å². The summed E-state index contributed by atoms with van der Waals surface area (Å²) in [4.78, 5) is 0. The molecule has 0 aliphatic rings. The molecule has 0 amide bonds. The summed E-state index contributed by atoms with van der Waals surface area (Å²) in [5, 5.41) is 20.9. The molecule has 6 nitrogen and oxygen atoms in total. The fraction of sp³-hybridized carbons (Fsp3) is 0.176. The lowest BCUT2D eigenvalue weighted by atomic mass is 10.1. The molecule has 0 aliphatic carbocycles. The van der Waals surface area contributed by atoms with Gasteiger partial charge < -0.3 is 28.8 Å². The molecule has 0 bridgehead atoms. The van der Waals surface area contributed by atoms with Crippen LogP contribution in [0.25, 0.3) is 22.3 Å². The van der Waals surface area contributed by atoms with Crippen molar-refractivity contribution in [2.75, 3.05) is 21.3 Å². The topological polar surface area (TPSA) is 81.3 Å². The van der Waals surface area contributed by atoms with Crippen LogP contribution in [0.5, 0.6) is 28.7 Å². The second kappa shape index (κ2) is 5.64. The van der Waals surface area contributed by atoms with E-state index in [4.69, 9.17) is 18.6 Å². The smallest absolute Gasteiger partial charge is 0.204 e. The second-order valence-electron chi connectivity index (χ2n) is 4.87. The molecule has 2 N–H and O–H groups in total. The van der Waals surface area contributed by atoms with Crippen molar-refractivity contribution in [3.63, 3.8) is 0 Å². The number of rotatable bonds is 4. The third kappa shape index (κ3) is 2.38. The summed E-state index contributed by atoms with van der Waals surface area (Å²) in [6, 6.07) is 8.08. The summed E-state index contributed by atoms with van der Waals surface area (Å²) in [6.07, 6.45) is 0. The Kier molecular flexibility index (Phi) is 3.65. The fourth-order valence-corrected chi connectivity index (χ4v) is 2.49. The van der Waals surface area contributed by atoms with Crippen LogP contribution in [-0.2, 0) is 0 Å². The Hall–Kier alpha value is -3.02. The van der Waals surface area contributed by atoms with Gasteiger partial charge in [0.15, 0.2) is 11.3 Å². The van der Waals surface area contributed by atoms with E-state index >= 15 is 0 Å². The number of aromatic hydroxyl groups is 2. The molecule has 3 aromatic rings. The molecule has 0 aliphatic heterocycles. The van der Waals surface area contributed by atoms with Gasteiger partial charge in [-0.25, -0.2) is 0 Å². The van der Waals surface area contributed by atoms with Gasteiger partial charge in [0.1, 0.15) is 28.6 Å². The van der Waals surface area contributed by atoms with Crippen molar-refractivity contribution in [1.82, 2.24) is 0 Å². The summed E-state index contributed by atoms with van der Waals surface area (Å²) in [5.41, 5.74) is 0.783. The van der Waals surface area contributed by atoms with Crippen molar-refractivity contribution in [1.29, 1.82) is 0 Å². The van der Waals surface area contributed by atoms with Crippen LogP contribution in [0.1, 0.15) is 0 Å². The van der Waals surface area contributed by atoms with Crippen molar-refractivity contribution in [3.8, 4) is 40.1 Å². The first kappa shape index (κ1) is 14.9. The number of ether oxygens (including phenoxy) is 3. The van der Waals surface area contributed by atoms with E-state index in [0.717, 1.165) is 5.39 Å². The third-order valence-electron chi connectivity index (χ3n) is 3.58. The van der Waals surface area contributed by atoms with Crippen molar-refractivity contribution in [2.24, 2.45) is 0 Å². The first-order chi connectivity index (χ1) is 11.1. The highest BCUT2D eigenvalue weighted by Crippen LogP contribution is 2.45. The molecule has 0 spiro atoms. The van der Waals surface area contributed by atoms with Gasteiger partial charge in [-0.1, -0.05) is 0 Å². The number of phenolic OH excluding ortho intramolecular Hbond substituents is 2. The lowest BCUT2D eigenvalue weighted by molar-refractivity contribution is 0.371. The SMILES string of the molecule is COc1cc(O)c(-c2cc3ccc(O)c(OC)c3o2)c(OC)c1. The van der Waals surface area contributed by atoms with Gasteiger partial charge in [0.2, 0.25) is 5.75 Å². The molecular weight excluding hydrogens is 300 g/mol. The Bertz CT molecular complexity index is 865. The van der Waals surface area contributed by atoms with E-state index < -0.39 is 0 Å². The fourth-order valence-electron chi connectivity index (χ4n) is 2.49. The van der Waals surface area contributed by atoms with Crippen LogP contribution in [0.2, 0.25) is 0 Å². The zero-order valence-corrected chi connectivity index (χ0v) is 12.9. The summed E-state index contributed by atoms with van der Waals surface area (Å²) in [6.45, 7) is 0. The lowest BCUT2D eigenvalue weighted by Gasteiger charge is -2.10. The molecule has 0 saturated carbocycles. The van der Waals surface area contributed by atoms with E-state index in [0.29, 0.717) is 28.4 Å². The van der Waals surface area contributed by atoms with Crippen molar-refractivity contribution < 1.29 is 28.8 Å². The molecule has 1 aromatic heterocycles. The van der Waals surface area contributed by atoms with Gasteiger partial charge in [0, 0.05) is 17.5 Å². The average Bonchev–Trinajstić information content (AvgIpc) is 2.97. The number of fused-ring (bicyclic) bond motifs is 1. The van der Waals surface area contributed by atoms with Crippen molar-refractivity contribution in [3.05, 3.63) is 30.3 Å². The van der Waals surface area contributed by atoms with Gasteiger partial charge in [-0.3, -0.25) is 0 Å². The monoisotopic (exact) mass is 316 g/mol. The summed E-state index contributed by atoms with van der Waals surface area (Å²) >= 11 is 0. The molecule has 0 saturated heterocycles. The van der Waals surface area contributed by atoms with Crippen LogP contribution in [0.3, 0.4) is 0 Å². The molecule has 0 atom stereocenters. The van der Waals surface area contributed by atoms with Gasteiger partial charge in [0.05, 0.1) is 21.3 Å². The molecule has 2 aromatic carbocycles. The third-order valence-corrected chi connectivity index (χ3v) is 3.58. The van der Waals surface area contributed by atoms with E-state index in [1.807, 2.05) is 0 Å². The average molecular weight is 316 g/mol. The number of furan rings is 1. The largest absolute Gasteiger partial charge is 0.507 e. The van der Waals surface area contributed by atoms with Crippen LogP contribution in [0.4, 0.5) is 0 Å². The molecule has 0 fully saturated rings. The number of hydrogen-bond donors (Lipinski definition) is 2. The minimum absolute atomic E-state index is 0.0215. The minimum atomic E-state index is -0.0385. The maximum atomic E-state index is 10.3. The molecule has 0 radical (unpaired) electrons. The summed E-state index contributed by atoms with van der Waals surface area (Å²) < 4.78 is 21.4. The minimum Gasteiger partial charge on any atom is -0.507 e. The highest BCUT2D eigenvalue weighted by Gasteiger charge is 2.20. The number of methoxy groups -OCH3 is 3. The van der Waals surface area contributed by atoms with Gasteiger partial charge in [-0.15, -0.1) is 0 Å². The quantitative estimate of drug-likeness (QED) is 0.766. The van der Waals surface area contributed by atoms with Crippen LogP contribution in [-0.4, -0.2) is 31.5 Å². The van der Waals surface area contributed by atoms with Gasteiger partial charge in [-0.2, -0.15) is 0 Å². The number of benzene rings is 2. The second-order valence-corrected chi connectivity index (χ2v) is 4.87. The maximum absolute atomic E-state index is 10.3. The van der Waals surface area contributed by atoms with Crippen LogP contribution < -0.4 is 14.2 Å². The van der Waals surface area contributed by atoms with E-state index in [2.05, 4.69) is 0 Å². The predicted octanol–water partition coefficient (Wildman–Crippen LogP) is 3.54. The van der Waals surface area contributed by atoms with Gasteiger partial charge in [0.25, 0.3) is 0 Å². The molecular formula is C17H16O6. The summed E-state index contributed by atoms with van der Waals surface area (Å²) in [5.74, 6) is 1.44. The molecule has 6 heteroatoms. The molecule has 23 heavy (non-hydrogen) atoms. The first-order valence-electron chi connectivity index (χ1n) is 6.84. The van der Waals surface area contributed by atoms with Crippen molar-refractivity contribution >= 4 is 11.0 Å². The Balaban J connectivity index is 2.25. The Morgan fingerprint density at radius 2 is 1.65 bits per heavy atom. The normalized spacial score (nSPS) is 10.7. The standard InChI is InChI=1S/C17H16O6/c1-20-10-7-12(19)15(13(8-10)21-2)14-6-9-4-5-11(18)17(22-3)16(9)23-14/h4-8,18-19H,1-3H3. The Morgan fingerprint density at radius 1 is 0.870 bits per heavy atom. The predicted molar refractivity (Wildman–Crippen MR) is 84.6 cm³/mol. The van der Waals surface area contributed by atoms with Crippen LogP contribution in [0, 0.1) is 0 Å². The Labute approximate surface area is 132 Å². The Morgan fingerprint density at radius 3 is 2.30 bits per heavy atom. The lowest BCUT2D eigenvalue weighted by Crippen LogP contribution is -1.90. The number of phenols is 2. The maximum Gasteiger partial charge on any atom is 0.204 e. The van der Waals surface area contributed by atoms with Gasteiger partial charge >= 0.3 is 0 Å². The zero-order valence-electron chi connectivity index (χ0n) is 12.9. The van der Waals surface area contributed by atoms with E-state index in [9.17, 15) is 10.2 Å². The zero-order chi connectivity index (χ0) is 16.6. The van der Waals surface area contributed by atoms with E-state index in [1.54, 1.807) is 18.2 Å². The highest BCUT2D eigenvalue weighted by molar-refractivity contribution is 5.91. The van der Waals surface area contributed by atoms with Gasteiger partial charge in [-0.05, 0) is 18.2 Å². The van der Waals surface area contributed by atoms with Crippen molar-refractivity contribution in [2.45, 2.75) is 0 Å². The molecule has 1 heterocycles. The number of hydrogen-bond acceptors (Lipinski definition) is 6. The van der Waals surface area contributed by atoms with E-state index in [1.165, 1.54) is 33.5 Å². The molecule has 3 rings (SSSR count). The van der Waals surface area contributed by atoms with Crippen LogP contribution >= 0.6 is 0 Å². The van der Waals surface area contributed by atoms with Crippen LogP contribution in [0.15, 0.2) is 34.7 Å². The highest BCUT2D eigenvalue weighted by atomic mass is 16.5. The first-order valence-corrected chi connectivity index (χ1v) is 6.84.